The lowest BCUT2D eigenvalue weighted by molar-refractivity contribution is 0.682. The molecular weight excluding hydrogens is 334 g/mol. The van der Waals surface area contributed by atoms with Gasteiger partial charge in [-0.05, 0) is 41.3 Å². The number of nitrogens with two attached hydrogens (primary N) is 1. The topological polar surface area (TPSA) is 43.1 Å². The molecule has 2 N–H and O–H groups in total. The minimum Gasteiger partial charge on any atom is -0.399 e. The first-order valence-corrected chi connectivity index (χ1v) is 8.61. The van der Waals surface area contributed by atoms with Crippen LogP contribution in [0.2, 0.25) is 0 Å². The summed E-state index contributed by atoms with van der Waals surface area (Å²) in [6.45, 7) is 4.30. The van der Waals surface area contributed by atoms with Crippen LogP contribution >= 0.6 is 15.9 Å². The van der Waals surface area contributed by atoms with Gasteiger partial charge in [-0.3, -0.25) is 4.21 Å². The quantitative estimate of drug-likeness (QED) is 0.826. The first-order valence-electron chi connectivity index (χ1n) is 6.49. The van der Waals surface area contributed by atoms with E-state index in [-0.39, 0.29) is 0 Å². The van der Waals surface area contributed by atoms with E-state index in [1.165, 1.54) is 5.56 Å². The van der Waals surface area contributed by atoms with Crippen molar-refractivity contribution in [2.75, 3.05) is 5.73 Å². The third-order valence-corrected chi connectivity index (χ3v) is 5.28. The molecule has 2 aromatic rings. The standard InChI is InChI=1S/C16H18BrNOS/c1-11(2)12-4-7-15(8-5-12)20(19)10-13-3-6-14(18)9-16(13)17/h3-9,11H,10,18H2,1-2H3. The summed E-state index contributed by atoms with van der Waals surface area (Å²) in [4.78, 5) is 0.859. The van der Waals surface area contributed by atoms with Crippen molar-refractivity contribution < 1.29 is 4.21 Å². The van der Waals surface area contributed by atoms with Crippen molar-refractivity contribution in [1.29, 1.82) is 0 Å². The first-order chi connectivity index (χ1) is 9.47. The molecule has 0 fully saturated rings. The Hall–Kier alpha value is -1.13. The van der Waals surface area contributed by atoms with Crippen molar-refractivity contribution >= 4 is 32.4 Å². The van der Waals surface area contributed by atoms with Crippen LogP contribution in [0.3, 0.4) is 0 Å². The number of hydrogen-bond donors (Lipinski definition) is 1. The fourth-order valence-corrected chi connectivity index (χ4v) is 3.77. The third-order valence-electron chi connectivity index (χ3n) is 3.17. The molecule has 20 heavy (non-hydrogen) atoms. The lowest BCUT2D eigenvalue weighted by atomic mass is 10.0. The summed E-state index contributed by atoms with van der Waals surface area (Å²) in [6.07, 6.45) is 0. The van der Waals surface area contributed by atoms with E-state index in [0.29, 0.717) is 17.4 Å². The van der Waals surface area contributed by atoms with Gasteiger partial charge < -0.3 is 5.73 Å². The van der Waals surface area contributed by atoms with Gasteiger partial charge >= 0.3 is 0 Å². The lowest BCUT2D eigenvalue weighted by Crippen LogP contribution is -1.99. The highest BCUT2D eigenvalue weighted by molar-refractivity contribution is 9.10. The molecule has 4 heteroatoms. The van der Waals surface area contributed by atoms with E-state index in [9.17, 15) is 4.21 Å². The molecule has 0 saturated heterocycles. The number of anilines is 1. The second-order valence-corrected chi connectivity index (χ2v) is 7.37. The van der Waals surface area contributed by atoms with Crippen LogP contribution in [0.15, 0.2) is 51.8 Å². The van der Waals surface area contributed by atoms with Crippen molar-refractivity contribution in [3.05, 3.63) is 58.1 Å². The summed E-state index contributed by atoms with van der Waals surface area (Å²) >= 11 is 3.46. The van der Waals surface area contributed by atoms with Crippen molar-refractivity contribution in [3.8, 4) is 0 Å². The van der Waals surface area contributed by atoms with E-state index in [1.807, 2.05) is 30.3 Å². The summed E-state index contributed by atoms with van der Waals surface area (Å²) in [5, 5.41) is 0. The summed E-state index contributed by atoms with van der Waals surface area (Å²) in [5.41, 5.74) is 8.68. The molecule has 0 radical (unpaired) electrons. The number of rotatable bonds is 4. The molecule has 2 nitrogen and oxygen atoms in total. The van der Waals surface area contributed by atoms with Crippen molar-refractivity contribution in [1.82, 2.24) is 0 Å². The molecule has 2 aromatic carbocycles. The Bertz CT molecular complexity index is 623. The van der Waals surface area contributed by atoms with Gasteiger partial charge in [0.15, 0.2) is 0 Å². The van der Waals surface area contributed by atoms with Gasteiger partial charge in [-0.2, -0.15) is 0 Å². The Balaban J connectivity index is 2.15. The number of halogens is 1. The van der Waals surface area contributed by atoms with Gasteiger partial charge in [0.05, 0.1) is 16.6 Å². The molecule has 1 atom stereocenters. The maximum atomic E-state index is 12.4. The third kappa shape index (κ3) is 3.70. The molecule has 106 valence electrons. The Morgan fingerprint density at radius 1 is 1.15 bits per heavy atom. The van der Waals surface area contributed by atoms with E-state index in [0.717, 1.165) is 14.9 Å². The molecule has 0 amide bonds. The molecule has 0 aliphatic heterocycles. The van der Waals surface area contributed by atoms with Gasteiger partial charge in [-0.15, -0.1) is 0 Å². The summed E-state index contributed by atoms with van der Waals surface area (Å²) in [6, 6.07) is 13.6. The van der Waals surface area contributed by atoms with Crippen LogP contribution in [0.4, 0.5) is 5.69 Å². The predicted molar refractivity (Wildman–Crippen MR) is 89.2 cm³/mol. The Kier molecular flexibility index (Phi) is 5.00. The second-order valence-electron chi connectivity index (χ2n) is 5.06. The predicted octanol–water partition coefficient (Wildman–Crippen LogP) is 4.46. The van der Waals surface area contributed by atoms with E-state index in [2.05, 4.69) is 41.9 Å². The molecule has 0 bridgehead atoms. The summed E-state index contributed by atoms with van der Waals surface area (Å²) in [5.74, 6) is 0.978. The van der Waals surface area contributed by atoms with E-state index >= 15 is 0 Å². The van der Waals surface area contributed by atoms with E-state index in [1.54, 1.807) is 0 Å². The van der Waals surface area contributed by atoms with Crippen molar-refractivity contribution in [2.45, 2.75) is 30.4 Å². The zero-order valence-electron chi connectivity index (χ0n) is 11.6. The fourth-order valence-electron chi connectivity index (χ4n) is 1.91. The molecule has 2 rings (SSSR count). The van der Waals surface area contributed by atoms with Gasteiger partial charge in [0.25, 0.3) is 0 Å². The van der Waals surface area contributed by atoms with Gasteiger partial charge in [0.2, 0.25) is 0 Å². The zero-order valence-corrected chi connectivity index (χ0v) is 14.0. The largest absolute Gasteiger partial charge is 0.399 e. The molecule has 1 unspecified atom stereocenters. The molecule has 0 saturated carbocycles. The lowest BCUT2D eigenvalue weighted by Gasteiger charge is -2.08. The highest BCUT2D eigenvalue weighted by Crippen LogP contribution is 2.24. The SMILES string of the molecule is CC(C)c1ccc(S(=O)Cc2ccc(N)cc2Br)cc1. The minimum absolute atomic E-state index is 0.488. The van der Waals surface area contributed by atoms with Crippen LogP contribution in [-0.4, -0.2) is 4.21 Å². The Labute approximate surface area is 131 Å². The van der Waals surface area contributed by atoms with Gasteiger partial charge in [0.1, 0.15) is 0 Å². The average Bonchev–Trinajstić information content (AvgIpc) is 2.42. The smallest absolute Gasteiger partial charge is 0.0574 e. The molecule has 0 aliphatic rings. The van der Waals surface area contributed by atoms with Crippen molar-refractivity contribution in [3.63, 3.8) is 0 Å². The summed E-state index contributed by atoms with van der Waals surface area (Å²) in [7, 11) is -1.04. The number of hydrogen-bond acceptors (Lipinski definition) is 2. The fraction of sp³-hybridized carbons (Fsp3) is 0.250. The molecular formula is C16H18BrNOS. The Morgan fingerprint density at radius 3 is 2.35 bits per heavy atom. The molecule has 0 spiro atoms. The van der Waals surface area contributed by atoms with Crippen LogP contribution in [0.1, 0.15) is 30.9 Å². The van der Waals surface area contributed by atoms with Crippen molar-refractivity contribution in [2.24, 2.45) is 0 Å². The molecule has 0 aliphatic carbocycles. The highest BCUT2D eigenvalue weighted by atomic mass is 79.9. The van der Waals surface area contributed by atoms with Gasteiger partial charge in [-0.1, -0.05) is 48.0 Å². The maximum absolute atomic E-state index is 12.4. The van der Waals surface area contributed by atoms with Crippen LogP contribution in [0, 0.1) is 0 Å². The minimum atomic E-state index is -1.04. The monoisotopic (exact) mass is 351 g/mol. The van der Waals surface area contributed by atoms with Gasteiger partial charge in [0, 0.05) is 15.1 Å². The number of nitrogen functional groups attached to an aromatic ring is 1. The second kappa shape index (κ2) is 6.55. The van der Waals surface area contributed by atoms with Crippen LogP contribution in [-0.2, 0) is 16.6 Å². The zero-order chi connectivity index (χ0) is 14.7. The highest BCUT2D eigenvalue weighted by Gasteiger charge is 2.09. The Morgan fingerprint density at radius 2 is 1.80 bits per heavy atom. The average molecular weight is 352 g/mol. The molecule has 0 heterocycles. The van der Waals surface area contributed by atoms with Crippen LogP contribution < -0.4 is 5.73 Å². The molecule has 0 aromatic heterocycles. The van der Waals surface area contributed by atoms with E-state index < -0.39 is 10.8 Å². The van der Waals surface area contributed by atoms with E-state index in [4.69, 9.17) is 5.73 Å². The first kappa shape index (κ1) is 15.3. The summed E-state index contributed by atoms with van der Waals surface area (Å²) < 4.78 is 13.3. The van der Waals surface area contributed by atoms with Gasteiger partial charge in [-0.25, -0.2) is 0 Å². The number of benzene rings is 2. The maximum Gasteiger partial charge on any atom is 0.0574 e. The normalized spacial score (nSPS) is 12.6. The van der Waals surface area contributed by atoms with Crippen LogP contribution in [0.5, 0.6) is 0 Å². The van der Waals surface area contributed by atoms with Crippen LogP contribution in [0.25, 0.3) is 0 Å².